The van der Waals surface area contributed by atoms with Gasteiger partial charge in [0, 0.05) is 5.57 Å². The number of carbonyl (C=O) groups is 1. The van der Waals surface area contributed by atoms with Crippen LogP contribution in [0.3, 0.4) is 0 Å². The Morgan fingerprint density at radius 2 is 1.52 bits per heavy atom. The lowest BCUT2D eigenvalue weighted by atomic mass is 10.1. The summed E-state index contributed by atoms with van der Waals surface area (Å²) in [6, 6.07) is 0. The minimum absolute atomic E-state index is 0.262. The van der Waals surface area contributed by atoms with Crippen LogP contribution in [0.4, 0.5) is 0 Å². The predicted octanol–water partition coefficient (Wildman–Crippen LogP) is 4.32. The molecule has 0 aliphatic carbocycles. The molecule has 0 amide bonds. The number of carbonyl (C=O) groups excluding carboxylic acids is 1. The molecular formula is C18H36NO2+. The average molecular weight is 298 g/mol. The smallest absolute Gasteiger partial charge is 0.333 e. The first-order valence-electron chi connectivity index (χ1n) is 8.69. The van der Waals surface area contributed by atoms with Crippen molar-refractivity contribution in [1.82, 2.24) is 0 Å². The molecule has 0 heterocycles. The third-order valence-electron chi connectivity index (χ3n) is 4.18. The molecule has 0 bridgehead atoms. The summed E-state index contributed by atoms with van der Waals surface area (Å²) in [6.07, 6.45) is 7.16. The topological polar surface area (TPSA) is 26.3 Å². The van der Waals surface area contributed by atoms with Crippen LogP contribution in [0.25, 0.3) is 0 Å². The Bertz CT molecular complexity index is 294. The summed E-state index contributed by atoms with van der Waals surface area (Å²) in [4.78, 5) is 11.2. The fourth-order valence-electron chi connectivity index (χ4n) is 2.95. The van der Waals surface area contributed by atoms with Crippen molar-refractivity contribution < 1.29 is 14.0 Å². The maximum absolute atomic E-state index is 11.2. The highest BCUT2D eigenvalue weighted by atomic mass is 16.5. The number of esters is 1. The number of unbranched alkanes of at least 4 members (excludes halogenated alkanes) is 3. The fourth-order valence-corrected chi connectivity index (χ4v) is 2.95. The summed E-state index contributed by atoms with van der Waals surface area (Å²) >= 11 is 0. The lowest BCUT2D eigenvalue weighted by Gasteiger charge is -2.37. The molecule has 0 rings (SSSR count). The van der Waals surface area contributed by atoms with Gasteiger partial charge in [0.1, 0.15) is 0 Å². The molecule has 0 fully saturated rings. The van der Waals surface area contributed by atoms with E-state index in [-0.39, 0.29) is 5.97 Å². The van der Waals surface area contributed by atoms with Crippen molar-refractivity contribution in [2.75, 3.05) is 32.8 Å². The van der Waals surface area contributed by atoms with Crippen LogP contribution in [0.2, 0.25) is 0 Å². The van der Waals surface area contributed by atoms with Crippen molar-refractivity contribution in [2.45, 2.75) is 66.2 Å². The molecule has 0 atom stereocenters. The Hall–Kier alpha value is -0.830. The third-order valence-corrected chi connectivity index (χ3v) is 4.18. The van der Waals surface area contributed by atoms with Gasteiger partial charge in [0.25, 0.3) is 0 Å². The standard InChI is InChI=1S/C18H36NO2/c1-6-13-19(8-3,14-7-2)15-11-9-10-12-16-21-18(20)17(4)5/h4,6-16H2,1-3,5H3/q+1. The second kappa shape index (κ2) is 11.8. The maximum atomic E-state index is 11.2. The molecule has 0 radical (unpaired) electrons. The maximum Gasteiger partial charge on any atom is 0.333 e. The first kappa shape index (κ1) is 20.2. The molecule has 0 saturated heterocycles. The van der Waals surface area contributed by atoms with Gasteiger partial charge in [-0.3, -0.25) is 0 Å². The van der Waals surface area contributed by atoms with Gasteiger partial charge in [-0.15, -0.1) is 0 Å². The van der Waals surface area contributed by atoms with Crippen LogP contribution in [0.5, 0.6) is 0 Å². The van der Waals surface area contributed by atoms with Gasteiger partial charge in [0.15, 0.2) is 0 Å². The van der Waals surface area contributed by atoms with Crippen LogP contribution < -0.4 is 0 Å². The van der Waals surface area contributed by atoms with Crippen LogP contribution >= 0.6 is 0 Å². The summed E-state index contributed by atoms with van der Waals surface area (Å²) in [5.74, 6) is -0.262. The largest absolute Gasteiger partial charge is 0.462 e. The minimum Gasteiger partial charge on any atom is -0.462 e. The van der Waals surface area contributed by atoms with E-state index in [0.717, 1.165) is 12.8 Å². The fraction of sp³-hybridized carbons (Fsp3) is 0.833. The Labute approximate surface area is 131 Å². The van der Waals surface area contributed by atoms with Crippen molar-refractivity contribution in [3.63, 3.8) is 0 Å². The second-order valence-electron chi connectivity index (χ2n) is 6.16. The molecule has 124 valence electrons. The Kier molecular flexibility index (Phi) is 11.3. The highest BCUT2D eigenvalue weighted by Crippen LogP contribution is 2.13. The second-order valence-corrected chi connectivity index (χ2v) is 6.16. The van der Waals surface area contributed by atoms with Gasteiger partial charge in [0.2, 0.25) is 0 Å². The SMILES string of the molecule is C=C(C)C(=O)OCCCCCC[N+](CC)(CCC)CCC. The summed E-state index contributed by atoms with van der Waals surface area (Å²) in [6.45, 7) is 17.8. The van der Waals surface area contributed by atoms with Crippen molar-refractivity contribution in [2.24, 2.45) is 0 Å². The Morgan fingerprint density at radius 3 is 2.00 bits per heavy atom. The van der Waals surface area contributed by atoms with E-state index < -0.39 is 0 Å². The summed E-state index contributed by atoms with van der Waals surface area (Å²) in [5.41, 5.74) is 0.485. The van der Waals surface area contributed by atoms with Crippen LogP contribution in [0.15, 0.2) is 12.2 Å². The molecule has 3 heteroatoms. The number of quaternary nitrogens is 1. The Balaban J connectivity index is 3.80. The van der Waals surface area contributed by atoms with Gasteiger partial charge < -0.3 is 9.22 Å². The number of nitrogens with zero attached hydrogens (tertiary/aromatic N) is 1. The quantitative estimate of drug-likeness (QED) is 0.219. The molecule has 0 saturated carbocycles. The number of hydrogen-bond donors (Lipinski definition) is 0. The molecule has 0 aliphatic rings. The monoisotopic (exact) mass is 298 g/mol. The van der Waals surface area contributed by atoms with E-state index in [9.17, 15) is 4.79 Å². The van der Waals surface area contributed by atoms with Crippen LogP contribution in [0, 0.1) is 0 Å². The third kappa shape index (κ3) is 8.92. The van der Waals surface area contributed by atoms with Gasteiger partial charge in [-0.2, -0.15) is 0 Å². The van der Waals surface area contributed by atoms with E-state index in [0.29, 0.717) is 12.2 Å². The van der Waals surface area contributed by atoms with Crippen molar-refractivity contribution in [3.8, 4) is 0 Å². The van der Waals surface area contributed by atoms with E-state index >= 15 is 0 Å². The zero-order valence-corrected chi connectivity index (χ0v) is 14.7. The van der Waals surface area contributed by atoms with Gasteiger partial charge in [-0.1, -0.05) is 20.4 Å². The highest BCUT2D eigenvalue weighted by Gasteiger charge is 2.22. The van der Waals surface area contributed by atoms with Crippen LogP contribution in [-0.4, -0.2) is 43.2 Å². The first-order valence-corrected chi connectivity index (χ1v) is 8.69. The van der Waals surface area contributed by atoms with Gasteiger partial charge in [-0.25, -0.2) is 4.79 Å². The zero-order valence-electron chi connectivity index (χ0n) is 14.7. The minimum atomic E-state index is -0.262. The molecule has 0 unspecified atom stereocenters. The molecule has 0 spiro atoms. The highest BCUT2D eigenvalue weighted by molar-refractivity contribution is 5.86. The average Bonchev–Trinajstić information content (AvgIpc) is 2.46. The predicted molar refractivity (Wildman–Crippen MR) is 90.2 cm³/mol. The molecule has 0 aromatic heterocycles. The van der Waals surface area contributed by atoms with E-state index in [4.69, 9.17) is 4.74 Å². The number of rotatable bonds is 13. The van der Waals surface area contributed by atoms with Gasteiger partial charge >= 0.3 is 5.97 Å². The number of hydrogen-bond acceptors (Lipinski definition) is 2. The molecule has 21 heavy (non-hydrogen) atoms. The number of ether oxygens (including phenoxy) is 1. The molecule has 0 aromatic carbocycles. The van der Waals surface area contributed by atoms with Crippen LogP contribution in [-0.2, 0) is 9.53 Å². The van der Waals surface area contributed by atoms with E-state index in [1.54, 1.807) is 6.92 Å². The zero-order chi connectivity index (χ0) is 16.1. The van der Waals surface area contributed by atoms with Crippen molar-refractivity contribution in [1.29, 1.82) is 0 Å². The van der Waals surface area contributed by atoms with E-state index in [1.807, 2.05) is 0 Å². The van der Waals surface area contributed by atoms with Gasteiger partial charge in [-0.05, 0) is 52.4 Å². The summed E-state index contributed by atoms with van der Waals surface area (Å²) in [5, 5.41) is 0. The van der Waals surface area contributed by atoms with E-state index in [2.05, 4.69) is 27.4 Å². The Morgan fingerprint density at radius 1 is 0.952 bits per heavy atom. The normalized spacial score (nSPS) is 11.4. The van der Waals surface area contributed by atoms with Crippen molar-refractivity contribution in [3.05, 3.63) is 12.2 Å². The molecule has 3 nitrogen and oxygen atoms in total. The van der Waals surface area contributed by atoms with E-state index in [1.165, 1.54) is 56.3 Å². The lowest BCUT2D eigenvalue weighted by Crippen LogP contribution is -2.49. The first-order chi connectivity index (χ1) is 10.0. The molecular weight excluding hydrogens is 262 g/mol. The van der Waals surface area contributed by atoms with Crippen molar-refractivity contribution >= 4 is 5.97 Å². The molecule has 0 aliphatic heterocycles. The summed E-state index contributed by atoms with van der Waals surface area (Å²) < 4.78 is 6.38. The molecule has 0 N–H and O–H groups in total. The lowest BCUT2D eigenvalue weighted by molar-refractivity contribution is -0.926. The molecule has 0 aromatic rings. The van der Waals surface area contributed by atoms with Gasteiger partial charge in [0.05, 0.1) is 32.8 Å². The summed E-state index contributed by atoms with van der Waals surface area (Å²) in [7, 11) is 0. The van der Waals surface area contributed by atoms with Crippen LogP contribution in [0.1, 0.15) is 66.2 Å².